The van der Waals surface area contributed by atoms with Gasteiger partial charge in [-0.05, 0) is 32.9 Å². The van der Waals surface area contributed by atoms with Crippen LogP contribution < -0.4 is 5.56 Å². The number of aromatic nitrogens is 1. The topological polar surface area (TPSA) is 42.2 Å². The molecule has 1 aromatic heterocycles. The van der Waals surface area contributed by atoms with Crippen LogP contribution in [0.5, 0.6) is 0 Å². The molecule has 1 N–H and O–H groups in total. The molecule has 0 fully saturated rings. The second kappa shape index (κ2) is 3.75. The summed E-state index contributed by atoms with van der Waals surface area (Å²) in [5.41, 5.74) is 1.30. The Morgan fingerprint density at radius 2 is 2.08 bits per heavy atom. The highest BCUT2D eigenvalue weighted by atomic mass is 16.3. The Morgan fingerprint density at radius 1 is 1.46 bits per heavy atom. The van der Waals surface area contributed by atoms with Crippen LogP contribution >= 0.6 is 0 Å². The van der Waals surface area contributed by atoms with E-state index in [1.165, 1.54) is 0 Å². The van der Waals surface area contributed by atoms with Crippen LogP contribution in [0.2, 0.25) is 0 Å². The van der Waals surface area contributed by atoms with Gasteiger partial charge in [0.2, 0.25) is 0 Å². The lowest BCUT2D eigenvalue weighted by atomic mass is 10.2. The minimum absolute atomic E-state index is 0.0856. The lowest BCUT2D eigenvalue weighted by molar-refractivity contribution is 0.278. The summed E-state index contributed by atoms with van der Waals surface area (Å²) >= 11 is 0. The Hall–Kier alpha value is -1.09. The van der Waals surface area contributed by atoms with E-state index in [0.29, 0.717) is 5.56 Å². The molecular formula is C10H15NO2. The first-order valence-electron chi connectivity index (χ1n) is 4.39. The van der Waals surface area contributed by atoms with Crippen molar-refractivity contribution in [1.82, 2.24) is 4.57 Å². The second-order valence-electron chi connectivity index (χ2n) is 3.43. The van der Waals surface area contributed by atoms with Crippen molar-refractivity contribution < 1.29 is 5.11 Å². The number of aryl methyl sites for hydroxylation is 1. The van der Waals surface area contributed by atoms with E-state index in [9.17, 15) is 4.79 Å². The fourth-order valence-corrected chi connectivity index (χ4v) is 1.45. The molecule has 1 heterocycles. The molecule has 3 nitrogen and oxygen atoms in total. The first kappa shape index (κ1) is 9.99. The van der Waals surface area contributed by atoms with Crippen LogP contribution in [0.3, 0.4) is 0 Å². The molecule has 13 heavy (non-hydrogen) atoms. The number of rotatable bonds is 2. The van der Waals surface area contributed by atoms with E-state index in [1.54, 1.807) is 10.6 Å². The molecule has 0 aromatic carbocycles. The largest absolute Gasteiger partial charge is 0.391 e. The molecule has 0 atom stereocenters. The van der Waals surface area contributed by atoms with Crippen LogP contribution in [0.25, 0.3) is 0 Å². The number of aliphatic hydroxyl groups is 1. The summed E-state index contributed by atoms with van der Waals surface area (Å²) in [4.78, 5) is 11.7. The van der Waals surface area contributed by atoms with Gasteiger partial charge in [0.15, 0.2) is 0 Å². The van der Waals surface area contributed by atoms with E-state index >= 15 is 0 Å². The van der Waals surface area contributed by atoms with Gasteiger partial charge in [0.1, 0.15) is 0 Å². The van der Waals surface area contributed by atoms with Gasteiger partial charge in [-0.3, -0.25) is 4.79 Å². The highest BCUT2D eigenvalue weighted by Crippen LogP contribution is 2.06. The van der Waals surface area contributed by atoms with Crippen LogP contribution in [-0.2, 0) is 6.61 Å². The predicted molar refractivity (Wildman–Crippen MR) is 51.7 cm³/mol. The number of hydrogen-bond donors (Lipinski definition) is 1. The van der Waals surface area contributed by atoms with Crippen molar-refractivity contribution in [2.75, 3.05) is 0 Å². The van der Waals surface area contributed by atoms with Gasteiger partial charge in [0.25, 0.3) is 5.56 Å². The van der Waals surface area contributed by atoms with Crippen molar-refractivity contribution >= 4 is 0 Å². The minimum atomic E-state index is -0.189. The number of pyridine rings is 1. The lowest BCUT2D eigenvalue weighted by Crippen LogP contribution is -2.26. The summed E-state index contributed by atoms with van der Waals surface area (Å²) in [7, 11) is 0. The van der Waals surface area contributed by atoms with Gasteiger partial charge >= 0.3 is 0 Å². The van der Waals surface area contributed by atoms with E-state index in [-0.39, 0.29) is 18.2 Å². The van der Waals surface area contributed by atoms with Crippen LogP contribution in [0, 0.1) is 6.92 Å². The summed E-state index contributed by atoms with van der Waals surface area (Å²) in [5.74, 6) is 0. The molecular weight excluding hydrogens is 166 g/mol. The standard InChI is InChI=1S/C10H15NO2/c1-7(2)11-8(3)4-5-9(6-12)10(11)13/h4-5,7,12H,6H2,1-3H3. The molecule has 0 aliphatic carbocycles. The second-order valence-corrected chi connectivity index (χ2v) is 3.43. The third-order valence-electron chi connectivity index (χ3n) is 2.09. The first-order chi connectivity index (χ1) is 6.07. The van der Waals surface area contributed by atoms with Crippen LogP contribution in [-0.4, -0.2) is 9.67 Å². The summed E-state index contributed by atoms with van der Waals surface area (Å²) in [6.45, 7) is 5.61. The molecule has 0 amide bonds. The highest BCUT2D eigenvalue weighted by Gasteiger charge is 2.07. The Bertz CT molecular complexity index is 352. The molecule has 3 heteroatoms. The van der Waals surface area contributed by atoms with Crippen molar-refractivity contribution in [1.29, 1.82) is 0 Å². The Balaban J connectivity index is 3.39. The third kappa shape index (κ3) is 1.80. The average Bonchev–Trinajstić information content (AvgIpc) is 2.04. The van der Waals surface area contributed by atoms with Crippen molar-refractivity contribution in [2.24, 2.45) is 0 Å². The van der Waals surface area contributed by atoms with Gasteiger partial charge < -0.3 is 9.67 Å². The average molecular weight is 181 g/mol. The van der Waals surface area contributed by atoms with E-state index in [4.69, 9.17) is 5.11 Å². The van der Waals surface area contributed by atoms with Crippen LogP contribution in [0.1, 0.15) is 31.1 Å². The maximum Gasteiger partial charge on any atom is 0.256 e. The normalized spacial score (nSPS) is 10.8. The molecule has 72 valence electrons. The maximum absolute atomic E-state index is 11.7. The fraction of sp³-hybridized carbons (Fsp3) is 0.500. The molecule has 0 saturated carbocycles. The molecule has 0 aliphatic heterocycles. The smallest absolute Gasteiger partial charge is 0.256 e. The monoisotopic (exact) mass is 181 g/mol. The molecule has 0 bridgehead atoms. The SMILES string of the molecule is Cc1ccc(CO)c(=O)n1C(C)C. The van der Waals surface area contributed by atoms with E-state index < -0.39 is 0 Å². The van der Waals surface area contributed by atoms with E-state index in [2.05, 4.69) is 0 Å². The zero-order valence-corrected chi connectivity index (χ0v) is 8.24. The summed E-state index contributed by atoms with van der Waals surface area (Å²) < 4.78 is 1.69. The quantitative estimate of drug-likeness (QED) is 0.745. The molecule has 1 aromatic rings. The Morgan fingerprint density at radius 3 is 2.54 bits per heavy atom. The molecule has 0 radical (unpaired) electrons. The molecule has 0 saturated heterocycles. The van der Waals surface area contributed by atoms with Gasteiger partial charge in [0.05, 0.1) is 6.61 Å². The zero-order valence-electron chi connectivity index (χ0n) is 8.24. The number of nitrogens with zero attached hydrogens (tertiary/aromatic N) is 1. The Labute approximate surface area is 77.6 Å². The highest BCUT2D eigenvalue weighted by molar-refractivity contribution is 5.15. The number of hydrogen-bond acceptors (Lipinski definition) is 2. The molecule has 1 rings (SSSR count). The van der Waals surface area contributed by atoms with Crippen LogP contribution in [0.4, 0.5) is 0 Å². The molecule has 0 spiro atoms. The van der Waals surface area contributed by atoms with Crippen LogP contribution in [0.15, 0.2) is 16.9 Å². The maximum atomic E-state index is 11.7. The lowest BCUT2D eigenvalue weighted by Gasteiger charge is -2.14. The van der Waals surface area contributed by atoms with Gasteiger partial charge in [-0.2, -0.15) is 0 Å². The van der Waals surface area contributed by atoms with E-state index in [1.807, 2.05) is 26.8 Å². The van der Waals surface area contributed by atoms with Gasteiger partial charge in [0, 0.05) is 17.3 Å². The first-order valence-corrected chi connectivity index (χ1v) is 4.39. The van der Waals surface area contributed by atoms with Crippen molar-refractivity contribution in [3.8, 4) is 0 Å². The Kier molecular flexibility index (Phi) is 2.88. The van der Waals surface area contributed by atoms with Gasteiger partial charge in [-0.1, -0.05) is 0 Å². The molecule has 0 unspecified atom stereocenters. The van der Waals surface area contributed by atoms with E-state index in [0.717, 1.165) is 5.69 Å². The summed E-state index contributed by atoms with van der Waals surface area (Å²) in [5, 5.41) is 8.90. The van der Waals surface area contributed by atoms with Gasteiger partial charge in [-0.15, -0.1) is 0 Å². The number of aliphatic hydroxyl groups excluding tert-OH is 1. The molecule has 0 aliphatic rings. The fourth-order valence-electron chi connectivity index (χ4n) is 1.45. The zero-order chi connectivity index (χ0) is 10.0. The van der Waals surface area contributed by atoms with Gasteiger partial charge in [-0.25, -0.2) is 0 Å². The van der Waals surface area contributed by atoms with Crippen molar-refractivity contribution in [3.63, 3.8) is 0 Å². The van der Waals surface area contributed by atoms with Crippen molar-refractivity contribution in [3.05, 3.63) is 33.7 Å². The third-order valence-corrected chi connectivity index (χ3v) is 2.09. The minimum Gasteiger partial charge on any atom is -0.391 e. The predicted octanol–water partition coefficient (Wildman–Crippen LogP) is 1.23. The van der Waals surface area contributed by atoms with Crippen molar-refractivity contribution in [2.45, 2.75) is 33.4 Å². The summed E-state index contributed by atoms with van der Waals surface area (Å²) in [6, 6.07) is 3.67. The summed E-state index contributed by atoms with van der Waals surface area (Å²) in [6.07, 6.45) is 0.